The highest BCUT2D eigenvalue weighted by Gasteiger charge is 2.12. The number of carbonyl (C=O) groups excluding carboxylic acids is 1. The molecule has 0 aliphatic heterocycles. The maximum atomic E-state index is 10.9. The zero-order chi connectivity index (χ0) is 19.2. The number of methoxy groups -OCH3 is 1. The number of hydrazone groups is 1. The average molecular weight is 427 g/mol. The lowest BCUT2D eigenvalue weighted by Crippen LogP contribution is -2.12. The summed E-state index contributed by atoms with van der Waals surface area (Å²) in [4.78, 5) is 10.9. The number of rotatable bonds is 6. The van der Waals surface area contributed by atoms with Gasteiger partial charge in [0.25, 0.3) is 0 Å². The lowest BCUT2D eigenvalue weighted by atomic mass is 10.1. The predicted molar refractivity (Wildman–Crippen MR) is 110 cm³/mol. The number of halogens is 1. The second kappa shape index (κ2) is 8.68. The van der Waals surface area contributed by atoms with E-state index in [0.717, 1.165) is 21.0 Å². The fraction of sp³-hybridized carbons (Fsp3) is 0.143. The van der Waals surface area contributed by atoms with Gasteiger partial charge < -0.3 is 9.47 Å². The normalized spacial score (nSPS) is 10.9. The smallest absolute Gasteiger partial charge is 0.236 e. The van der Waals surface area contributed by atoms with Crippen LogP contribution in [0.2, 0.25) is 0 Å². The fourth-order valence-electron chi connectivity index (χ4n) is 2.72. The molecule has 6 heteroatoms. The highest BCUT2D eigenvalue weighted by molar-refractivity contribution is 9.10. The molecule has 0 fully saturated rings. The van der Waals surface area contributed by atoms with Gasteiger partial charge in [0, 0.05) is 6.92 Å². The van der Waals surface area contributed by atoms with E-state index in [4.69, 9.17) is 9.47 Å². The molecule has 5 nitrogen and oxygen atoms in total. The SMILES string of the molecule is COc1cc(/C=N/NC(C)=O)cc(Br)c1OCc1cccc2ccccc12. The van der Waals surface area contributed by atoms with Crippen molar-refractivity contribution in [1.82, 2.24) is 5.43 Å². The molecule has 138 valence electrons. The molecule has 3 aromatic rings. The van der Waals surface area contributed by atoms with Crippen LogP contribution >= 0.6 is 15.9 Å². The van der Waals surface area contributed by atoms with Gasteiger partial charge in [-0.3, -0.25) is 4.79 Å². The van der Waals surface area contributed by atoms with Crippen LogP contribution in [-0.4, -0.2) is 19.2 Å². The van der Waals surface area contributed by atoms with Crippen molar-refractivity contribution in [2.45, 2.75) is 13.5 Å². The molecule has 3 rings (SSSR count). The number of ether oxygens (including phenoxy) is 2. The van der Waals surface area contributed by atoms with Crippen molar-refractivity contribution in [2.75, 3.05) is 7.11 Å². The summed E-state index contributed by atoms with van der Waals surface area (Å²) < 4.78 is 12.3. The standard InChI is InChI=1S/C21H19BrN2O3/c1-14(25)24-23-12-15-10-19(22)21(20(11-15)26-2)27-13-17-8-5-7-16-6-3-4-9-18(16)17/h3-12H,13H2,1-2H3,(H,24,25)/b23-12+. The first-order chi connectivity index (χ1) is 13.1. The van der Waals surface area contributed by atoms with Gasteiger partial charge in [0.2, 0.25) is 5.91 Å². The molecule has 0 radical (unpaired) electrons. The van der Waals surface area contributed by atoms with Crippen molar-refractivity contribution in [3.05, 3.63) is 70.2 Å². The van der Waals surface area contributed by atoms with Gasteiger partial charge in [0.05, 0.1) is 17.8 Å². The minimum atomic E-state index is -0.229. The van der Waals surface area contributed by atoms with E-state index in [-0.39, 0.29) is 5.91 Å². The highest BCUT2D eigenvalue weighted by Crippen LogP contribution is 2.37. The van der Waals surface area contributed by atoms with Gasteiger partial charge in [-0.2, -0.15) is 5.10 Å². The van der Waals surface area contributed by atoms with Gasteiger partial charge >= 0.3 is 0 Å². The van der Waals surface area contributed by atoms with Gasteiger partial charge in [-0.1, -0.05) is 42.5 Å². The number of carbonyl (C=O) groups is 1. The molecular weight excluding hydrogens is 408 g/mol. The molecule has 0 aliphatic carbocycles. The molecule has 0 aromatic heterocycles. The Morgan fingerprint density at radius 2 is 1.96 bits per heavy atom. The van der Waals surface area contributed by atoms with Crippen molar-refractivity contribution >= 4 is 38.8 Å². The molecule has 0 spiro atoms. The van der Waals surface area contributed by atoms with Crippen molar-refractivity contribution in [2.24, 2.45) is 5.10 Å². The van der Waals surface area contributed by atoms with Crippen LogP contribution in [0.15, 0.2) is 64.2 Å². The molecular formula is C21H19BrN2O3. The zero-order valence-corrected chi connectivity index (χ0v) is 16.6. The van der Waals surface area contributed by atoms with Crippen LogP contribution in [-0.2, 0) is 11.4 Å². The Kier molecular flexibility index (Phi) is 6.08. The Labute approximate surface area is 166 Å². The quantitative estimate of drug-likeness (QED) is 0.460. The maximum absolute atomic E-state index is 10.9. The molecule has 3 aromatic carbocycles. The van der Waals surface area contributed by atoms with Crippen molar-refractivity contribution in [3.63, 3.8) is 0 Å². The third-order valence-electron chi connectivity index (χ3n) is 3.94. The second-order valence-corrected chi connectivity index (χ2v) is 6.74. The van der Waals surface area contributed by atoms with Gasteiger partial charge in [0.15, 0.2) is 11.5 Å². The number of benzene rings is 3. The molecule has 0 heterocycles. The molecule has 1 N–H and O–H groups in total. The number of nitrogens with zero attached hydrogens (tertiary/aromatic N) is 1. The van der Waals surface area contributed by atoms with Gasteiger partial charge in [-0.05, 0) is 50.0 Å². The third kappa shape index (κ3) is 4.65. The minimum absolute atomic E-state index is 0.229. The Morgan fingerprint density at radius 1 is 1.19 bits per heavy atom. The zero-order valence-electron chi connectivity index (χ0n) is 15.0. The first-order valence-corrected chi connectivity index (χ1v) is 9.14. The van der Waals surface area contributed by atoms with E-state index < -0.39 is 0 Å². The third-order valence-corrected chi connectivity index (χ3v) is 4.53. The second-order valence-electron chi connectivity index (χ2n) is 5.89. The van der Waals surface area contributed by atoms with E-state index in [2.05, 4.69) is 50.7 Å². The summed E-state index contributed by atoms with van der Waals surface area (Å²) in [5, 5.41) is 6.21. The molecule has 0 atom stereocenters. The van der Waals surface area contributed by atoms with E-state index in [1.165, 1.54) is 12.3 Å². The summed E-state index contributed by atoms with van der Waals surface area (Å²) in [7, 11) is 1.58. The number of hydrogen-bond acceptors (Lipinski definition) is 4. The lowest BCUT2D eigenvalue weighted by molar-refractivity contribution is -0.118. The molecule has 0 unspecified atom stereocenters. The van der Waals surface area contributed by atoms with Crippen LogP contribution in [0.5, 0.6) is 11.5 Å². The van der Waals surface area contributed by atoms with Crippen LogP contribution < -0.4 is 14.9 Å². The van der Waals surface area contributed by atoms with E-state index >= 15 is 0 Å². The summed E-state index contributed by atoms with van der Waals surface area (Å²) >= 11 is 3.53. The number of hydrogen-bond donors (Lipinski definition) is 1. The largest absolute Gasteiger partial charge is 0.493 e. The predicted octanol–water partition coefficient (Wildman–Crippen LogP) is 4.66. The van der Waals surface area contributed by atoms with Crippen LogP contribution in [0.25, 0.3) is 10.8 Å². The number of nitrogens with one attached hydrogen (secondary N) is 1. The van der Waals surface area contributed by atoms with Gasteiger partial charge in [0.1, 0.15) is 6.61 Å². The van der Waals surface area contributed by atoms with E-state index in [0.29, 0.717) is 18.1 Å². The molecule has 1 amide bonds. The van der Waals surface area contributed by atoms with Crippen molar-refractivity contribution in [3.8, 4) is 11.5 Å². The molecule has 0 bridgehead atoms. The Bertz CT molecular complexity index is 997. The Hall–Kier alpha value is -2.86. The van der Waals surface area contributed by atoms with Crippen LogP contribution in [0.4, 0.5) is 0 Å². The summed E-state index contributed by atoms with van der Waals surface area (Å²) in [6, 6.07) is 18.0. The van der Waals surface area contributed by atoms with Gasteiger partial charge in [-0.15, -0.1) is 0 Å². The average Bonchev–Trinajstić information content (AvgIpc) is 2.66. The van der Waals surface area contributed by atoms with Crippen LogP contribution in [0.3, 0.4) is 0 Å². The van der Waals surface area contributed by atoms with Crippen LogP contribution in [0, 0.1) is 0 Å². The molecule has 27 heavy (non-hydrogen) atoms. The summed E-state index contributed by atoms with van der Waals surface area (Å²) in [5.74, 6) is 0.961. The Balaban J connectivity index is 1.84. The highest BCUT2D eigenvalue weighted by atomic mass is 79.9. The van der Waals surface area contributed by atoms with Crippen LogP contribution in [0.1, 0.15) is 18.1 Å². The topological polar surface area (TPSA) is 59.9 Å². The fourth-order valence-corrected chi connectivity index (χ4v) is 3.29. The van der Waals surface area contributed by atoms with Crippen molar-refractivity contribution in [1.29, 1.82) is 0 Å². The van der Waals surface area contributed by atoms with Crippen molar-refractivity contribution < 1.29 is 14.3 Å². The number of fused-ring (bicyclic) bond motifs is 1. The van der Waals surface area contributed by atoms with Gasteiger partial charge in [-0.25, -0.2) is 5.43 Å². The lowest BCUT2D eigenvalue weighted by Gasteiger charge is -2.14. The first-order valence-electron chi connectivity index (χ1n) is 8.35. The number of amides is 1. The maximum Gasteiger partial charge on any atom is 0.236 e. The summed E-state index contributed by atoms with van der Waals surface area (Å²) in [5.41, 5.74) is 4.24. The monoisotopic (exact) mass is 426 g/mol. The first kappa shape index (κ1) is 18.9. The van der Waals surface area contributed by atoms with E-state index in [9.17, 15) is 4.79 Å². The molecule has 0 saturated carbocycles. The summed E-state index contributed by atoms with van der Waals surface area (Å²) in [6.07, 6.45) is 1.54. The molecule has 0 aliphatic rings. The van der Waals surface area contributed by atoms with E-state index in [1.54, 1.807) is 19.4 Å². The van der Waals surface area contributed by atoms with E-state index in [1.807, 2.05) is 24.3 Å². The Morgan fingerprint density at radius 3 is 2.74 bits per heavy atom. The summed E-state index contributed by atoms with van der Waals surface area (Å²) in [6.45, 7) is 1.81. The minimum Gasteiger partial charge on any atom is -0.493 e. The molecule has 0 saturated heterocycles.